The summed E-state index contributed by atoms with van der Waals surface area (Å²) in [5, 5.41) is 0. The fourth-order valence-corrected chi connectivity index (χ4v) is 2.75. The van der Waals surface area contributed by atoms with Gasteiger partial charge in [0.1, 0.15) is 0 Å². The van der Waals surface area contributed by atoms with E-state index < -0.39 is 19.9 Å². The Labute approximate surface area is 108 Å². The molecule has 1 rings (SSSR count). The molecule has 0 radical (unpaired) electrons. The Balaban J connectivity index is 2.79. The SMILES string of the molecule is CCS(=O)(=O)NCc1ccc(S(=O)(=O)CC)cc1. The number of sulfonamides is 1. The zero-order valence-corrected chi connectivity index (χ0v) is 12.0. The summed E-state index contributed by atoms with van der Waals surface area (Å²) < 4.78 is 48.0. The molecule has 0 bridgehead atoms. The van der Waals surface area contributed by atoms with Gasteiger partial charge in [-0.25, -0.2) is 21.6 Å². The molecule has 0 heterocycles. The minimum atomic E-state index is -3.23. The van der Waals surface area contributed by atoms with Crippen molar-refractivity contribution in [2.24, 2.45) is 0 Å². The standard InChI is InChI=1S/C11H17NO4S2/c1-3-17(13,14)11-7-5-10(6-8-11)9-12-18(15,16)4-2/h5-8,12H,3-4,9H2,1-2H3. The van der Waals surface area contributed by atoms with Gasteiger partial charge in [0, 0.05) is 6.54 Å². The second-order valence-corrected chi connectivity index (χ2v) is 8.15. The first-order valence-corrected chi connectivity index (χ1v) is 8.90. The number of hydrogen-bond acceptors (Lipinski definition) is 4. The molecule has 102 valence electrons. The van der Waals surface area contributed by atoms with Gasteiger partial charge in [0.05, 0.1) is 16.4 Å². The number of rotatable bonds is 6. The van der Waals surface area contributed by atoms with Crippen molar-refractivity contribution >= 4 is 19.9 Å². The Kier molecular flexibility index (Phi) is 4.89. The Morgan fingerprint density at radius 3 is 1.94 bits per heavy atom. The van der Waals surface area contributed by atoms with Crippen LogP contribution in [0.3, 0.4) is 0 Å². The van der Waals surface area contributed by atoms with E-state index in [2.05, 4.69) is 4.72 Å². The third-order valence-corrected chi connectivity index (χ3v) is 5.63. The lowest BCUT2D eigenvalue weighted by atomic mass is 10.2. The molecule has 18 heavy (non-hydrogen) atoms. The average molecular weight is 291 g/mol. The first-order valence-electron chi connectivity index (χ1n) is 5.59. The summed E-state index contributed by atoms with van der Waals surface area (Å²) in [5.41, 5.74) is 0.724. The normalized spacial score (nSPS) is 12.6. The molecule has 0 aliphatic rings. The van der Waals surface area contributed by atoms with Crippen LogP contribution in [0.2, 0.25) is 0 Å². The topological polar surface area (TPSA) is 80.3 Å². The minimum Gasteiger partial charge on any atom is -0.224 e. The maximum absolute atomic E-state index is 11.6. The molecule has 0 amide bonds. The van der Waals surface area contributed by atoms with Gasteiger partial charge in [-0.15, -0.1) is 0 Å². The Morgan fingerprint density at radius 2 is 1.50 bits per heavy atom. The van der Waals surface area contributed by atoms with E-state index in [1.165, 1.54) is 12.1 Å². The monoisotopic (exact) mass is 291 g/mol. The third kappa shape index (κ3) is 4.08. The van der Waals surface area contributed by atoms with Crippen LogP contribution in [0.25, 0.3) is 0 Å². The van der Waals surface area contributed by atoms with Crippen molar-refractivity contribution in [1.29, 1.82) is 0 Å². The summed E-state index contributed by atoms with van der Waals surface area (Å²) in [6, 6.07) is 6.21. The van der Waals surface area contributed by atoms with Gasteiger partial charge >= 0.3 is 0 Å². The molecule has 0 aliphatic heterocycles. The second-order valence-electron chi connectivity index (χ2n) is 3.77. The van der Waals surface area contributed by atoms with E-state index in [0.717, 1.165) is 5.56 Å². The van der Waals surface area contributed by atoms with Crippen LogP contribution in [0.5, 0.6) is 0 Å². The number of sulfone groups is 1. The van der Waals surface area contributed by atoms with Crippen LogP contribution in [0.15, 0.2) is 29.2 Å². The van der Waals surface area contributed by atoms with Crippen LogP contribution >= 0.6 is 0 Å². The van der Waals surface area contributed by atoms with Crippen molar-refractivity contribution in [2.75, 3.05) is 11.5 Å². The highest BCUT2D eigenvalue weighted by atomic mass is 32.2. The van der Waals surface area contributed by atoms with E-state index in [0.29, 0.717) is 0 Å². The lowest BCUT2D eigenvalue weighted by Crippen LogP contribution is -2.24. The molecule has 0 unspecified atom stereocenters. The van der Waals surface area contributed by atoms with Crippen LogP contribution in [-0.2, 0) is 26.4 Å². The van der Waals surface area contributed by atoms with Crippen molar-refractivity contribution in [2.45, 2.75) is 25.3 Å². The Hall–Kier alpha value is -0.920. The molecular weight excluding hydrogens is 274 g/mol. The molecular formula is C11H17NO4S2. The van der Waals surface area contributed by atoms with Gasteiger partial charge in [-0.2, -0.15) is 0 Å². The number of nitrogens with one attached hydrogen (secondary N) is 1. The van der Waals surface area contributed by atoms with Crippen molar-refractivity contribution < 1.29 is 16.8 Å². The fourth-order valence-electron chi connectivity index (χ4n) is 1.28. The first kappa shape index (κ1) is 15.1. The molecule has 0 saturated heterocycles. The maximum atomic E-state index is 11.6. The highest BCUT2D eigenvalue weighted by Gasteiger charge is 2.11. The van der Waals surface area contributed by atoms with Gasteiger partial charge in [-0.05, 0) is 24.6 Å². The molecule has 5 nitrogen and oxygen atoms in total. The van der Waals surface area contributed by atoms with E-state index in [1.54, 1.807) is 26.0 Å². The Bertz CT molecular complexity index is 588. The molecule has 1 aromatic carbocycles. The van der Waals surface area contributed by atoms with Gasteiger partial charge in [0.2, 0.25) is 10.0 Å². The second kappa shape index (κ2) is 5.81. The molecule has 0 fully saturated rings. The van der Waals surface area contributed by atoms with Crippen LogP contribution in [-0.4, -0.2) is 28.3 Å². The summed E-state index contributed by atoms with van der Waals surface area (Å²) >= 11 is 0. The quantitative estimate of drug-likeness (QED) is 0.845. The van der Waals surface area contributed by atoms with Crippen molar-refractivity contribution in [3.8, 4) is 0 Å². The van der Waals surface area contributed by atoms with E-state index in [9.17, 15) is 16.8 Å². The van der Waals surface area contributed by atoms with Gasteiger partial charge in [-0.3, -0.25) is 0 Å². The highest BCUT2D eigenvalue weighted by Crippen LogP contribution is 2.12. The smallest absolute Gasteiger partial charge is 0.211 e. The lowest BCUT2D eigenvalue weighted by Gasteiger charge is -2.06. The summed E-state index contributed by atoms with van der Waals surface area (Å²) in [6.45, 7) is 3.31. The zero-order chi connectivity index (χ0) is 13.8. The van der Waals surface area contributed by atoms with Crippen LogP contribution in [0, 0.1) is 0 Å². The van der Waals surface area contributed by atoms with Crippen LogP contribution < -0.4 is 4.72 Å². The molecule has 1 N–H and O–H groups in total. The molecule has 0 spiro atoms. The van der Waals surface area contributed by atoms with E-state index in [1.807, 2.05) is 0 Å². The molecule has 0 aliphatic carbocycles. The largest absolute Gasteiger partial charge is 0.224 e. The fraction of sp³-hybridized carbons (Fsp3) is 0.455. The first-order chi connectivity index (χ1) is 8.30. The van der Waals surface area contributed by atoms with Gasteiger partial charge in [-0.1, -0.05) is 19.1 Å². The van der Waals surface area contributed by atoms with Gasteiger partial charge < -0.3 is 0 Å². The molecule has 1 aromatic rings. The van der Waals surface area contributed by atoms with Crippen molar-refractivity contribution in [3.63, 3.8) is 0 Å². The summed E-state index contributed by atoms with van der Waals surface area (Å²) in [6.07, 6.45) is 0. The summed E-state index contributed by atoms with van der Waals surface area (Å²) in [5.74, 6) is 0.0735. The van der Waals surface area contributed by atoms with E-state index in [-0.39, 0.29) is 22.9 Å². The highest BCUT2D eigenvalue weighted by molar-refractivity contribution is 7.91. The zero-order valence-electron chi connectivity index (χ0n) is 10.4. The third-order valence-electron chi connectivity index (χ3n) is 2.54. The maximum Gasteiger partial charge on any atom is 0.211 e. The van der Waals surface area contributed by atoms with Crippen molar-refractivity contribution in [1.82, 2.24) is 4.72 Å². The molecule has 0 aromatic heterocycles. The number of hydrogen-bond donors (Lipinski definition) is 1. The van der Waals surface area contributed by atoms with E-state index in [4.69, 9.17) is 0 Å². The lowest BCUT2D eigenvalue weighted by molar-refractivity contribution is 0.582. The van der Waals surface area contributed by atoms with Gasteiger partial charge in [0.15, 0.2) is 9.84 Å². The Morgan fingerprint density at radius 1 is 0.944 bits per heavy atom. The number of benzene rings is 1. The minimum absolute atomic E-state index is 0.0231. The van der Waals surface area contributed by atoms with E-state index >= 15 is 0 Å². The predicted octanol–water partition coefficient (Wildman–Crippen LogP) is 0.919. The molecule has 7 heteroatoms. The van der Waals surface area contributed by atoms with Crippen LogP contribution in [0.1, 0.15) is 19.4 Å². The predicted molar refractivity (Wildman–Crippen MR) is 70.5 cm³/mol. The summed E-state index contributed by atoms with van der Waals surface area (Å²) in [7, 11) is -6.43. The van der Waals surface area contributed by atoms with Crippen molar-refractivity contribution in [3.05, 3.63) is 29.8 Å². The average Bonchev–Trinajstić information content (AvgIpc) is 2.37. The summed E-state index contributed by atoms with van der Waals surface area (Å²) in [4.78, 5) is 0.257. The molecule has 0 atom stereocenters. The molecule has 0 saturated carbocycles. The van der Waals surface area contributed by atoms with Crippen LogP contribution in [0.4, 0.5) is 0 Å². The van der Waals surface area contributed by atoms with Gasteiger partial charge in [0.25, 0.3) is 0 Å².